The monoisotopic (exact) mass is 427 g/mol. The molecule has 0 saturated heterocycles. The van der Waals surface area contributed by atoms with Gasteiger partial charge in [-0.1, -0.05) is 67.0 Å². The number of aryl methyl sites for hydroxylation is 1. The van der Waals surface area contributed by atoms with Crippen molar-refractivity contribution < 1.29 is 18.7 Å². The fraction of sp³-hybridized carbons (Fsp3) is 0.625. The van der Waals surface area contributed by atoms with Gasteiger partial charge in [0.1, 0.15) is 6.04 Å². The summed E-state index contributed by atoms with van der Waals surface area (Å²) in [5.41, 5.74) is 1.87. The van der Waals surface area contributed by atoms with Crippen LogP contribution in [-0.4, -0.2) is 30.3 Å². The summed E-state index contributed by atoms with van der Waals surface area (Å²) in [7, 11) is 0. The van der Waals surface area contributed by atoms with Gasteiger partial charge in [-0.05, 0) is 43.4 Å². The zero-order chi connectivity index (χ0) is 23.5. The van der Waals surface area contributed by atoms with Crippen molar-refractivity contribution in [2.24, 2.45) is 5.92 Å². The number of nitrogens with one attached hydrogen (secondary N) is 3. The van der Waals surface area contributed by atoms with Crippen molar-refractivity contribution in [3.8, 4) is 0 Å². The molecule has 1 rings (SSSR count). The summed E-state index contributed by atoms with van der Waals surface area (Å²) < 4.78 is 0. The molecule has 0 unspecified atom stereocenters. The standard InChI is InChI=1S/C19H29N3O3.C3H8.C2H6.3H2/c1-5-15-7-9-16(10-8-15)22-19(25)14(4)21-18(24)12-20-17(23)11-6-13(2)3;1-3-2;1-2;;;/h7-10,13-14H,5-6,11-12H2,1-4H3,(H,20,23)(H,21,24)(H,22,25);3H2,1-2H3;1-2H3;3*1H/t14-;;;;;/m0...../s1. The lowest BCUT2D eigenvalue weighted by Gasteiger charge is -2.15. The number of anilines is 1. The molecule has 6 heteroatoms. The second-order valence-corrected chi connectivity index (χ2v) is 7.25. The maximum Gasteiger partial charge on any atom is 0.246 e. The molecule has 0 aromatic heterocycles. The first-order chi connectivity index (χ1) is 14.2. The van der Waals surface area contributed by atoms with E-state index in [0.717, 1.165) is 12.8 Å². The average Bonchev–Trinajstić information content (AvgIpc) is 2.73. The predicted octanol–water partition coefficient (Wildman–Crippen LogP) is 5.43. The summed E-state index contributed by atoms with van der Waals surface area (Å²) in [5, 5.41) is 7.89. The molecule has 0 aliphatic carbocycles. The van der Waals surface area contributed by atoms with Crippen LogP contribution < -0.4 is 16.0 Å². The molecule has 0 aliphatic rings. The van der Waals surface area contributed by atoms with E-state index in [1.165, 1.54) is 12.0 Å². The van der Waals surface area contributed by atoms with Crippen molar-refractivity contribution in [3.63, 3.8) is 0 Å². The lowest BCUT2D eigenvalue weighted by Crippen LogP contribution is -2.45. The third-order valence-corrected chi connectivity index (χ3v) is 3.80. The molecular formula is C24H49N3O3. The summed E-state index contributed by atoms with van der Waals surface area (Å²) >= 11 is 0. The lowest BCUT2D eigenvalue weighted by atomic mass is 10.1. The molecule has 3 amide bonds. The molecule has 1 atom stereocenters. The molecule has 0 aliphatic heterocycles. The normalized spacial score (nSPS) is 10.6. The van der Waals surface area contributed by atoms with Gasteiger partial charge in [0.2, 0.25) is 17.7 Å². The van der Waals surface area contributed by atoms with Crippen molar-refractivity contribution in [2.75, 3.05) is 11.9 Å². The van der Waals surface area contributed by atoms with Gasteiger partial charge >= 0.3 is 0 Å². The van der Waals surface area contributed by atoms with E-state index in [-0.39, 0.29) is 28.5 Å². The number of carbonyl (C=O) groups excluding carboxylic acids is 3. The van der Waals surface area contributed by atoms with Crippen LogP contribution in [0.25, 0.3) is 0 Å². The number of hydrogen-bond acceptors (Lipinski definition) is 3. The van der Waals surface area contributed by atoms with Gasteiger partial charge in [0.25, 0.3) is 0 Å². The van der Waals surface area contributed by atoms with E-state index >= 15 is 0 Å². The SMILES string of the molecule is CC.CCC.CCc1ccc(NC(=O)[C@H](C)NC(=O)CNC(=O)CCC(C)C)cc1.[HH].[HH].[HH]. The molecular weight excluding hydrogens is 378 g/mol. The van der Waals surface area contributed by atoms with Crippen LogP contribution in [0.2, 0.25) is 0 Å². The van der Waals surface area contributed by atoms with E-state index in [0.29, 0.717) is 18.0 Å². The first-order valence-electron chi connectivity index (χ1n) is 11.2. The van der Waals surface area contributed by atoms with Gasteiger partial charge in [0.15, 0.2) is 0 Å². The number of rotatable bonds is 9. The molecule has 0 spiro atoms. The van der Waals surface area contributed by atoms with E-state index in [1.807, 2.05) is 52.0 Å². The van der Waals surface area contributed by atoms with E-state index in [1.54, 1.807) is 6.92 Å². The van der Waals surface area contributed by atoms with Gasteiger partial charge in [-0.25, -0.2) is 0 Å². The molecule has 6 nitrogen and oxygen atoms in total. The van der Waals surface area contributed by atoms with Crippen molar-refractivity contribution in [1.82, 2.24) is 10.6 Å². The number of amides is 3. The minimum Gasteiger partial charge on any atom is -0.347 e. The lowest BCUT2D eigenvalue weighted by molar-refractivity contribution is -0.128. The Hall–Kier alpha value is -2.37. The van der Waals surface area contributed by atoms with Crippen LogP contribution in [0, 0.1) is 5.92 Å². The van der Waals surface area contributed by atoms with Crippen LogP contribution in [0.15, 0.2) is 24.3 Å². The van der Waals surface area contributed by atoms with Crippen LogP contribution in [0.3, 0.4) is 0 Å². The van der Waals surface area contributed by atoms with Crippen LogP contribution in [0.5, 0.6) is 0 Å². The molecule has 0 saturated carbocycles. The van der Waals surface area contributed by atoms with E-state index in [4.69, 9.17) is 0 Å². The zero-order valence-corrected chi connectivity index (χ0v) is 20.2. The third-order valence-electron chi connectivity index (χ3n) is 3.80. The summed E-state index contributed by atoms with van der Waals surface area (Å²) in [6.07, 6.45) is 3.36. The summed E-state index contributed by atoms with van der Waals surface area (Å²) in [6, 6.07) is 6.88. The molecule has 0 heterocycles. The number of hydrogen-bond donors (Lipinski definition) is 3. The molecule has 0 fully saturated rings. The van der Waals surface area contributed by atoms with Crippen molar-refractivity contribution in [3.05, 3.63) is 29.8 Å². The fourth-order valence-corrected chi connectivity index (χ4v) is 2.12. The molecule has 1 aromatic carbocycles. The molecule has 178 valence electrons. The van der Waals surface area contributed by atoms with Gasteiger partial charge in [0, 0.05) is 16.4 Å². The highest BCUT2D eigenvalue weighted by molar-refractivity contribution is 5.97. The highest BCUT2D eigenvalue weighted by atomic mass is 16.2. The smallest absolute Gasteiger partial charge is 0.246 e. The summed E-state index contributed by atoms with van der Waals surface area (Å²) in [4.78, 5) is 35.5. The van der Waals surface area contributed by atoms with Gasteiger partial charge in [-0.2, -0.15) is 0 Å². The molecule has 30 heavy (non-hydrogen) atoms. The summed E-state index contributed by atoms with van der Waals surface area (Å²) in [5.74, 6) is -0.405. The maximum atomic E-state index is 12.1. The Labute approximate surface area is 188 Å². The Kier molecular flexibility index (Phi) is 18.5. The van der Waals surface area contributed by atoms with Gasteiger partial charge in [-0.15, -0.1) is 0 Å². The third kappa shape index (κ3) is 15.5. The zero-order valence-electron chi connectivity index (χ0n) is 20.2. The Balaban J connectivity index is -0.000000301. The highest BCUT2D eigenvalue weighted by Crippen LogP contribution is 2.10. The second-order valence-electron chi connectivity index (χ2n) is 7.25. The Bertz CT molecular complexity index is 613. The maximum absolute atomic E-state index is 12.1. The second kappa shape index (κ2) is 18.6. The average molecular weight is 428 g/mol. The fourth-order valence-electron chi connectivity index (χ4n) is 2.12. The minimum atomic E-state index is -0.689. The Morgan fingerprint density at radius 1 is 0.933 bits per heavy atom. The first-order valence-corrected chi connectivity index (χ1v) is 11.2. The van der Waals surface area contributed by atoms with Crippen molar-refractivity contribution >= 4 is 23.4 Å². The molecule has 0 bridgehead atoms. The molecule has 3 N–H and O–H groups in total. The first kappa shape index (κ1) is 29.8. The predicted molar refractivity (Wildman–Crippen MR) is 133 cm³/mol. The van der Waals surface area contributed by atoms with Crippen molar-refractivity contribution in [1.29, 1.82) is 0 Å². The summed E-state index contributed by atoms with van der Waals surface area (Å²) in [6.45, 7) is 15.9. The van der Waals surface area contributed by atoms with Gasteiger partial charge in [-0.3, -0.25) is 14.4 Å². The molecule has 0 radical (unpaired) electrons. The van der Waals surface area contributed by atoms with Gasteiger partial charge in [0.05, 0.1) is 6.54 Å². The highest BCUT2D eigenvalue weighted by Gasteiger charge is 2.16. The Morgan fingerprint density at radius 2 is 1.47 bits per heavy atom. The van der Waals surface area contributed by atoms with E-state index in [2.05, 4.69) is 36.7 Å². The van der Waals surface area contributed by atoms with Crippen molar-refractivity contribution in [2.45, 2.75) is 87.1 Å². The molecule has 1 aromatic rings. The van der Waals surface area contributed by atoms with Crippen LogP contribution in [0.4, 0.5) is 5.69 Å². The topological polar surface area (TPSA) is 87.3 Å². The largest absolute Gasteiger partial charge is 0.347 e. The van der Waals surface area contributed by atoms with Crippen LogP contribution in [0.1, 0.15) is 84.5 Å². The number of carbonyl (C=O) groups is 3. The van der Waals surface area contributed by atoms with E-state index < -0.39 is 6.04 Å². The quantitative estimate of drug-likeness (QED) is 0.491. The number of benzene rings is 1. The van der Waals surface area contributed by atoms with E-state index in [9.17, 15) is 14.4 Å². The van der Waals surface area contributed by atoms with Gasteiger partial charge < -0.3 is 16.0 Å². The Morgan fingerprint density at radius 3 is 1.93 bits per heavy atom. The van der Waals surface area contributed by atoms with Crippen LogP contribution >= 0.6 is 0 Å². The minimum absolute atomic E-state index is 0. The van der Waals surface area contributed by atoms with Crippen LogP contribution in [-0.2, 0) is 20.8 Å².